The third-order valence-corrected chi connectivity index (χ3v) is 10.9. The first-order chi connectivity index (χ1) is 25.0. The highest BCUT2D eigenvalue weighted by Crippen LogP contribution is 2.50. The molecular formula is C49H35NO. The minimum absolute atomic E-state index is 0.0886. The molecule has 242 valence electrons. The van der Waals surface area contributed by atoms with E-state index in [4.69, 9.17) is 4.42 Å². The molecule has 0 fully saturated rings. The third-order valence-electron chi connectivity index (χ3n) is 10.9. The Morgan fingerprint density at radius 3 is 1.82 bits per heavy atom. The summed E-state index contributed by atoms with van der Waals surface area (Å²) in [7, 11) is 0. The molecule has 51 heavy (non-hydrogen) atoms. The summed E-state index contributed by atoms with van der Waals surface area (Å²) in [6, 6.07) is 63.7. The zero-order chi connectivity index (χ0) is 34.1. The van der Waals surface area contributed by atoms with Gasteiger partial charge in [0.15, 0.2) is 0 Å². The molecule has 8 aromatic carbocycles. The molecular weight excluding hydrogens is 619 g/mol. The summed E-state index contributed by atoms with van der Waals surface area (Å²) >= 11 is 0. The molecule has 0 amide bonds. The second-order valence-electron chi connectivity index (χ2n) is 14.2. The Hall–Kier alpha value is -6.38. The van der Waals surface area contributed by atoms with Gasteiger partial charge >= 0.3 is 0 Å². The van der Waals surface area contributed by atoms with Gasteiger partial charge in [-0.3, -0.25) is 0 Å². The highest BCUT2D eigenvalue weighted by Gasteiger charge is 2.35. The number of nitrogens with zero attached hydrogens (tertiary/aromatic N) is 1. The van der Waals surface area contributed by atoms with Crippen molar-refractivity contribution in [1.82, 2.24) is 0 Å². The van der Waals surface area contributed by atoms with Crippen LogP contribution in [0.3, 0.4) is 0 Å². The molecule has 0 aliphatic heterocycles. The summed E-state index contributed by atoms with van der Waals surface area (Å²) in [4.78, 5) is 2.39. The normalized spacial score (nSPS) is 13.1. The van der Waals surface area contributed by atoms with Crippen LogP contribution < -0.4 is 4.90 Å². The molecule has 0 bridgehead atoms. The van der Waals surface area contributed by atoms with Crippen LogP contribution in [-0.2, 0) is 5.41 Å². The van der Waals surface area contributed by atoms with Crippen molar-refractivity contribution in [3.05, 3.63) is 187 Å². The van der Waals surface area contributed by atoms with E-state index >= 15 is 0 Å². The first-order valence-electron chi connectivity index (χ1n) is 17.7. The van der Waals surface area contributed by atoms with Gasteiger partial charge in [-0.2, -0.15) is 0 Å². The molecule has 0 unspecified atom stereocenters. The van der Waals surface area contributed by atoms with Crippen LogP contribution in [0.1, 0.15) is 25.0 Å². The Kier molecular flexibility index (Phi) is 6.56. The van der Waals surface area contributed by atoms with Crippen LogP contribution in [0.15, 0.2) is 180 Å². The van der Waals surface area contributed by atoms with E-state index in [0.29, 0.717) is 0 Å². The van der Waals surface area contributed by atoms with Gasteiger partial charge in [-0.25, -0.2) is 0 Å². The van der Waals surface area contributed by atoms with Gasteiger partial charge in [-0.1, -0.05) is 135 Å². The average Bonchev–Trinajstić information content (AvgIpc) is 3.65. The summed E-state index contributed by atoms with van der Waals surface area (Å²) < 4.78 is 6.22. The summed E-state index contributed by atoms with van der Waals surface area (Å²) in [6.07, 6.45) is 0. The summed E-state index contributed by atoms with van der Waals surface area (Å²) in [6.45, 7) is 4.69. The number of rotatable bonds is 5. The zero-order valence-corrected chi connectivity index (χ0v) is 28.6. The SMILES string of the molecule is CC1(C)c2ccccc2-c2ccc(N(c3ccc(-c4ccccc4)cc3)c3ccc(-c4cccc5cc6oc7ccccc7c6cc45)cc3)cc21. The number of hydrogen-bond donors (Lipinski definition) is 0. The molecule has 2 heteroatoms. The van der Waals surface area contributed by atoms with Crippen molar-refractivity contribution in [2.24, 2.45) is 0 Å². The van der Waals surface area contributed by atoms with E-state index in [1.165, 1.54) is 55.3 Å². The second-order valence-corrected chi connectivity index (χ2v) is 14.2. The minimum Gasteiger partial charge on any atom is -0.456 e. The molecule has 0 radical (unpaired) electrons. The van der Waals surface area contributed by atoms with Crippen molar-refractivity contribution < 1.29 is 4.42 Å². The maximum Gasteiger partial charge on any atom is 0.136 e. The van der Waals surface area contributed by atoms with Gasteiger partial charge < -0.3 is 9.32 Å². The van der Waals surface area contributed by atoms with E-state index in [-0.39, 0.29) is 5.41 Å². The van der Waals surface area contributed by atoms with Crippen LogP contribution in [0.25, 0.3) is 66.1 Å². The van der Waals surface area contributed by atoms with Gasteiger partial charge in [0.1, 0.15) is 11.2 Å². The molecule has 0 spiro atoms. The number of benzene rings is 8. The van der Waals surface area contributed by atoms with Crippen molar-refractivity contribution >= 4 is 49.8 Å². The lowest BCUT2D eigenvalue weighted by atomic mass is 9.82. The Balaban J connectivity index is 1.09. The summed E-state index contributed by atoms with van der Waals surface area (Å²) in [5.74, 6) is 0. The molecule has 0 N–H and O–H groups in total. The predicted molar refractivity (Wildman–Crippen MR) is 214 cm³/mol. The van der Waals surface area contributed by atoms with Gasteiger partial charge in [0.05, 0.1) is 0 Å². The van der Waals surface area contributed by atoms with Gasteiger partial charge in [-0.05, 0) is 110 Å². The fourth-order valence-electron chi connectivity index (χ4n) is 8.25. The fraction of sp³-hybridized carbons (Fsp3) is 0.0612. The van der Waals surface area contributed by atoms with Crippen molar-refractivity contribution in [2.45, 2.75) is 19.3 Å². The molecule has 0 saturated heterocycles. The molecule has 9 aromatic rings. The zero-order valence-electron chi connectivity index (χ0n) is 28.6. The van der Waals surface area contributed by atoms with E-state index in [0.717, 1.165) is 39.0 Å². The number of anilines is 3. The van der Waals surface area contributed by atoms with Crippen molar-refractivity contribution in [3.63, 3.8) is 0 Å². The highest BCUT2D eigenvalue weighted by atomic mass is 16.3. The van der Waals surface area contributed by atoms with Gasteiger partial charge in [-0.15, -0.1) is 0 Å². The van der Waals surface area contributed by atoms with Gasteiger partial charge in [0, 0.05) is 33.2 Å². The lowest BCUT2D eigenvalue weighted by Gasteiger charge is -2.28. The Bertz CT molecular complexity index is 2750. The lowest BCUT2D eigenvalue weighted by molar-refractivity contribution is 0.660. The third kappa shape index (κ3) is 4.71. The Morgan fingerprint density at radius 2 is 1.02 bits per heavy atom. The van der Waals surface area contributed by atoms with Crippen LogP contribution in [0, 0.1) is 0 Å². The number of hydrogen-bond acceptors (Lipinski definition) is 2. The molecule has 0 saturated carbocycles. The Morgan fingerprint density at radius 1 is 0.392 bits per heavy atom. The van der Waals surface area contributed by atoms with Crippen molar-refractivity contribution in [3.8, 4) is 33.4 Å². The largest absolute Gasteiger partial charge is 0.456 e. The van der Waals surface area contributed by atoms with E-state index in [1.54, 1.807) is 0 Å². The molecule has 10 rings (SSSR count). The lowest BCUT2D eigenvalue weighted by Crippen LogP contribution is -2.16. The average molecular weight is 654 g/mol. The molecule has 2 nitrogen and oxygen atoms in total. The highest BCUT2D eigenvalue weighted by molar-refractivity contribution is 6.12. The fourth-order valence-corrected chi connectivity index (χ4v) is 8.25. The maximum atomic E-state index is 6.22. The first kappa shape index (κ1) is 29.5. The Labute approximate surface area is 297 Å². The molecule has 1 aliphatic carbocycles. The molecule has 1 heterocycles. The number of fused-ring (bicyclic) bond motifs is 7. The van der Waals surface area contributed by atoms with Crippen LogP contribution >= 0.6 is 0 Å². The number of furan rings is 1. The summed E-state index contributed by atoms with van der Waals surface area (Å²) in [5.41, 5.74) is 15.4. The smallest absolute Gasteiger partial charge is 0.136 e. The molecule has 0 atom stereocenters. The van der Waals surface area contributed by atoms with Crippen LogP contribution in [0.2, 0.25) is 0 Å². The van der Waals surface area contributed by atoms with Crippen LogP contribution in [0.4, 0.5) is 17.1 Å². The predicted octanol–water partition coefficient (Wildman–Crippen LogP) is 13.8. The quantitative estimate of drug-likeness (QED) is 0.184. The second kappa shape index (κ2) is 11.3. The van der Waals surface area contributed by atoms with Crippen molar-refractivity contribution in [1.29, 1.82) is 0 Å². The van der Waals surface area contributed by atoms with Crippen LogP contribution in [0.5, 0.6) is 0 Å². The van der Waals surface area contributed by atoms with Crippen LogP contribution in [-0.4, -0.2) is 0 Å². The monoisotopic (exact) mass is 653 g/mol. The number of para-hydroxylation sites is 1. The van der Waals surface area contributed by atoms with Crippen molar-refractivity contribution in [2.75, 3.05) is 4.90 Å². The first-order valence-corrected chi connectivity index (χ1v) is 17.7. The standard InChI is InChI=1S/C49H35NO/c1-49(2)45-17-8-6-14-40(45)41-28-27-38(30-46(41)49)50(36-23-19-33(20-24-36)32-11-4-3-5-12-32)37-25-21-34(22-26-37)39-16-10-13-35-29-48-44(31-43(35)39)42-15-7-9-18-47(42)51-48/h3-31H,1-2H3. The molecule has 1 aromatic heterocycles. The molecule has 1 aliphatic rings. The van der Waals surface area contributed by atoms with E-state index in [2.05, 4.69) is 183 Å². The topological polar surface area (TPSA) is 16.4 Å². The van der Waals surface area contributed by atoms with E-state index in [1.807, 2.05) is 12.1 Å². The van der Waals surface area contributed by atoms with Gasteiger partial charge in [0.2, 0.25) is 0 Å². The summed E-state index contributed by atoms with van der Waals surface area (Å²) in [5, 5.41) is 4.69. The minimum atomic E-state index is -0.0886. The van der Waals surface area contributed by atoms with E-state index < -0.39 is 0 Å². The van der Waals surface area contributed by atoms with E-state index in [9.17, 15) is 0 Å². The maximum absolute atomic E-state index is 6.22. The van der Waals surface area contributed by atoms with Gasteiger partial charge in [0.25, 0.3) is 0 Å².